The minimum Gasteiger partial charge on any atom is -0.389 e. The quantitative estimate of drug-likeness (QED) is 0.833. The van der Waals surface area contributed by atoms with Crippen LogP contribution in [0.3, 0.4) is 0 Å². The van der Waals surface area contributed by atoms with Gasteiger partial charge in [-0.05, 0) is 32.9 Å². The zero-order valence-corrected chi connectivity index (χ0v) is 13.1. The van der Waals surface area contributed by atoms with E-state index in [0.29, 0.717) is 5.56 Å². The van der Waals surface area contributed by atoms with Crippen molar-refractivity contribution in [3.05, 3.63) is 35.9 Å². The van der Waals surface area contributed by atoms with E-state index in [1.807, 2.05) is 6.07 Å². The highest BCUT2D eigenvalue weighted by atomic mass is 16.3. The maximum Gasteiger partial charge on any atom is 0.251 e. The van der Waals surface area contributed by atoms with E-state index in [-0.39, 0.29) is 30.8 Å². The molecular weight excluding hydrogens is 268 g/mol. The lowest BCUT2D eigenvalue weighted by atomic mass is 10.1. The lowest BCUT2D eigenvalue weighted by molar-refractivity contribution is -0.132. The summed E-state index contributed by atoms with van der Waals surface area (Å²) >= 11 is 0. The fourth-order valence-corrected chi connectivity index (χ4v) is 2.03. The Balaban J connectivity index is 2.48. The molecule has 1 rings (SSSR count). The van der Waals surface area contributed by atoms with E-state index in [2.05, 4.69) is 5.32 Å². The van der Waals surface area contributed by atoms with Crippen LogP contribution in [0.5, 0.6) is 0 Å². The Morgan fingerprint density at radius 2 is 1.86 bits per heavy atom. The maximum atomic E-state index is 12.0. The number of carbonyl (C=O) groups excluding carboxylic acids is 2. The summed E-state index contributed by atoms with van der Waals surface area (Å²) in [6, 6.07) is 8.61. The first kappa shape index (κ1) is 17.2. The predicted octanol–water partition coefficient (Wildman–Crippen LogP) is 1.42. The van der Waals surface area contributed by atoms with E-state index in [1.165, 1.54) is 4.90 Å². The average Bonchev–Trinajstić information content (AvgIpc) is 2.37. The van der Waals surface area contributed by atoms with Gasteiger partial charge < -0.3 is 15.3 Å². The van der Waals surface area contributed by atoms with Gasteiger partial charge in [0, 0.05) is 31.6 Å². The monoisotopic (exact) mass is 292 g/mol. The van der Waals surface area contributed by atoms with Gasteiger partial charge in [-0.1, -0.05) is 18.2 Å². The lowest BCUT2D eigenvalue weighted by Crippen LogP contribution is -2.43. The molecule has 0 bridgehead atoms. The van der Waals surface area contributed by atoms with Gasteiger partial charge in [0.05, 0.1) is 5.60 Å². The fraction of sp³-hybridized carbons (Fsp3) is 0.500. The molecule has 0 aliphatic rings. The highest BCUT2D eigenvalue weighted by Crippen LogP contribution is 2.06. The van der Waals surface area contributed by atoms with Gasteiger partial charge in [0.1, 0.15) is 0 Å². The van der Waals surface area contributed by atoms with Crippen LogP contribution in [0.2, 0.25) is 0 Å². The number of amides is 2. The summed E-state index contributed by atoms with van der Waals surface area (Å²) in [7, 11) is 1.64. The van der Waals surface area contributed by atoms with Crippen LogP contribution in [0.1, 0.15) is 37.6 Å². The minimum atomic E-state index is -0.930. The molecule has 0 radical (unpaired) electrons. The van der Waals surface area contributed by atoms with Crippen LogP contribution >= 0.6 is 0 Å². The molecule has 1 aromatic rings. The molecular formula is C16H24N2O3. The van der Waals surface area contributed by atoms with Gasteiger partial charge in [0.25, 0.3) is 5.91 Å². The number of nitrogens with one attached hydrogen (secondary N) is 1. The van der Waals surface area contributed by atoms with Crippen molar-refractivity contribution in [2.45, 2.75) is 38.8 Å². The Bertz CT molecular complexity index is 480. The van der Waals surface area contributed by atoms with E-state index in [9.17, 15) is 14.7 Å². The van der Waals surface area contributed by atoms with Gasteiger partial charge in [-0.25, -0.2) is 0 Å². The number of hydrogen-bond acceptors (Lipinski definition) is 3. The third kappa shape index (κ3) is 6.40. The van der Waals surface area contributed by atoms with Gasteiger partial charge in [-0.3, -0.25) is 9.59 Å². The van der Waals surface area contributed by atoms with E-state index in [4.69, 9.17) is 0 Å². The molecule has 0 heterocycles. The molecule has 2 amide bonds. The molecule has 0 spiro atoms. The molecule has 0 saturated heterocycles. The molecule has 0 aromatic heterocycles. The van der Waals surface area contributed by atoms with E-state index in [0.717, 1.165) is 0 Å². The fourth-order valence-electron chi connectivity index (χ4n) is 2.03. The summed E-state index contributed by atoms with van der Waals surface area (Å²) in [5.41, 5.74) is -0.359. The molecule has 0 aliphatic carbocycles. The number of likely N-dealkylation sites (N-methyl/N-ethyl adjacent to an activating group) is 1. The Labute approximate surface area is 126 Å². The van der Waals surface area contributed by atoms with Gasteiger partial charge in [0.15, 0.2) is 0 Å². The van der Waals surface area contributed by atoms with Crippen molar-refractivity contribution < 1.29 is 14.7 Å². The number of nitrogens with zero attached hydrogens (tertiary/aromatic N) is 1. The Hall–Kier alpha value is -1.88. The van der Waals surface area contributed by atoms with Gasteiger partial charge in [-0.2, -0.15) is 0 Å². The molecule has 116 valence electrons. The normalized spacial score (nSPS) is 12.6. The highest BCUT2D eigenvalue weighted by Gasteiger charge is 2.21. The Morgan fingerprint density at radius 3 is 2.38 bits per heavy atom. The summed E-state index contributed by atoms with van der Waals surface area (Å²) in [4.78, 5) is 25.4. The summed E-state index contributed by atoms with van der Waals surface area (Å²) in [6.45, 7) is 5.34. The first-order valence-corrected chi connectivity index (χ1v) is 7.01. The zero-order chi connectivity index (χ0) is 16.0. The number of carbonyl (C=O) groups is 2. The molecule has 0 fully saturated rings. The number of benzene rings is 1. The van der Waals surface area contributed by atoms with Crippen LogP contribution < -0.4 is 5.32 Å². The van der Waals surface area contributed by atoms with Crippen LogP contribution in [0.4, 0.5) is 0 Å². The van der Waals surface area contributed by atoms with E-state index in [1.54, 1.807) is 52.1 Å². The third-order valence-corrected chi connectivity index (χ3v) is 2.94. The maximum absolute atomic E-state index is 12.0. The second-order valence-corrected chi connectivity index (χ2v) is 6.01. The average molecular weight is 292 g/mol. The standard InChI is InChI=1S/C16H24N2O3/c1-12(10-14(19)18(4)11-16(2,3)21)17-15(20)13-8-6-5-7-9-13/h5-9,12,21H,10-11H2,1-4H3,(H,17,20). The number of rotatable bonds is 6. The largest absolute Gasteiger partial charge is 0.389 e. The van der Waals surface area contributed by atoms with Crippen molar-refractivity contribution in [3.8, 4) is 0 Å². The first-order chi connectivity index (χ1) is 9.69. The summed E-state index contributed by atoms with van der Waals surface area (Å²) in [6.07, 6.45) is 0.200. The molecule has 21 heavy (non-hydrogen) atoms. The van der Waals surface area contributed by atoms with Gasteiger partial charge >= 0.3 is 0 Å². The Kier molecular flexibility index (Phi) is 5.90. The van der Waals surface area contributed by atoms with Crippen LogP contribution in [-0.4, -0.2) is 47.1 Å². The van der Waals surface area contributed by atoms with Crippen molar-refractivity contribution in [2.75, 3.05) is 13.6 Å². The molecule has 5 heteroatoms. The number of aliphatic hydroxyl groups is 1. The summed E-state index contributed by atoms with van der Waals surface area (Å²) in [5, 5.41) is 12.5. The van der Waals surface area contributed by atoms with E-state index < -0.39 is 5.60 Å². The SMILES string of the molecule is CC(CC(=O)N(C)CC(C)(C)O)NC(=O)c1ccccc1. The highest BCUT2D eigenvalue weighted by molar-refractivity contribution is 5.94. The summed E-state index contributed by atoms with van der Waals surface area (Å²) in [5.74, 6) is -0.306. The molecule has 5 nitrogen and oxygen atoms in total. The lowest BCUT2D eigenvalue weighted by Gasteiger charge is -2.26. The second-order valence-electron chi connectivity index (χ2n) is 6.01. The molecule has 0 saturated carbocycles. The topological polar surface area (TPSA) is 69.6 Å². The van der Waals surface area contributed by atoms with Crippen LogP contribution in [-0.2, 0) is 4.79 Å². The van der Waals surface area contributed by atoms with Crippen LogP contribution in [0, 0.1) is 0 Å². The number of hydrogen-bond donors (Lipinski definition) is 2. The van der Waals surface area contributed by atoms with Gasteiger partial charge in [0.2, 0.25) is 5.91 Å². The smallest absolute Gasteiger partial charge is 0.251 e. The second kappa shape index (κ2) is 7.22. The van der Waals surface area contributed by atoms with Crippen LogP contribution in [0.15, 0.2) is 30.3 Å². The molecule has 1 aromatic carbocycles. The van der Waals surface area contributed by atoms with Crippen molar-refractivity contribution in [1.29, 1.82) is 0 Å². The van der Waals surface area contributed by atoms with Crippen LogP contribution in [0.25, 0.3) is 0 Å². The molecule has 2 N–H and O–H groups in total. The van der Waals surface area contributed by atoms with Crippen molar-refractivity contribution in [2.24, 2.45) is 0 Å². The molecule has 0 aliphatic heterocycles. The Morgan fingerprint density at radius 1 is 1.29 bits per heavy atom. The predicted molar refractivity (Wildman–Crippen MR) is 81.9 cm³/mol. The van der Waals surface area contributed by atoms with E-state index >= 15 is 0 Å². The molecule has 1 unspecified atom stereocenters. The summed E-state index contributed by atoms with van der Waals surface area (Å²) < 4.78 is 0. The van der Waals surface area contributed by atoms with Crippen molar-refractivity contribution >= 4 is 11.8 Å². The minimum absolute atomic E-state index is 0.113. The van der Waals surface area contributed by atoms with Crippen molar-refractivity contribution in [3.63, 3.8) is 0 Å². The first-order valence-electron chi connectivity index (χ1n) is 7.01. The third-order valence-electron chi connectivity index (χ3n) is 2.94. The zero-order valence-electron chi connectivity index (χ0n) is 13.1. The van der Waals surface area contributed by atoms with Crippen molar-refractivity contribution in [1.82, 2.24) is 10.2 Å². The van der Waals surface area contributed by atoms with Gasteiger partial charge in [-0.15, -0.1) is 0 Å². The molecule has 1 atom stereocenters.